The third-order valence-corrected chi connectivity index (χ3v) is 4.77. The molecule has 1 saturated carbocycles. The van der Waals surface area contributed by atoms with E-state index in [-0.39, 0.29) is 23.8 Å². The minimum atomic E-state index is -0.293. The van der Waals surface area contributed by atoms with Crippen LogP contribution >= 0.6 is 0 Å². The van der Waals surface area contributed by atoms with Gasteiger partial charge in [-0.1, -0.05) is 30.3 Å². The van der Waals surface area contributed by atoms with Gasteiger partial charge >= 0.3 is 0 Å². The van der Waals surface area contributed by atoms with Crippen molar-refractivity contribution in [2.45, 2.75) is 32.4 Å². The van der Waals surface area contributed by atoms with Crippen molar-refractivity contribution in [3.8, 4) is 0 Å². The standard InChI is InChI=1S/C18H21N5O2/c1-2-19-17(24)16-21-20-15-14(12-6-4-3-5-7-12)22(10-11-23(15)16)18(25)13-8-9-13/h3-7,13-14H,2,8-11H2,1H3,(H,19,24). The fourth-order valence-corrected chi connectivity index (χ4v) is 3.39. The number of hydrogen-bond acceptors (Lipinski definition) is 4. The van der Waals surface area contributed by atoms with Gasteiger partial charge in [-0.2, -0.15) is 0 Å². The lowest BCUT2D eigenvalue weighted by Crippen LogP contribution is -2.44. The predicted octanol–water partition coefficient (Wildman–Crippen LogP) is 1.37. The average molecular weight is 339 g/mol. The summed E-state index contributed by atoms with van der Waals surface area (Å²) in [5, 5.41) is 11.2. The molecule has 1 unspecified atom stereocenters. The molecule has 2 heterocycles. The molecule has 25 heavy (non-hydrogen) atoms. The van der Waals surface area contributed by atoms with Gasteiger partial charge in [-0.3, -0.25) is 9.59 Å². The summed E-state index contributed by atoms with van der Waals surface area (Å²) >= 11 is 0. The molecule has 1 atom stereocenters. The van der Waals surface area contributed by atoms with Gasteiger partial charge in [0.05, 0.1) is 0 Å². The van der Waals surface area contributed by atoms with Gasteiger partial charge in [0.1, 0.15) is 6.04 Å². The number of nitrogens with zero attached hydrogens (tertiary/aromatic N) is 4. The highest BCUT2D eigenvalue weighted by Crippen LogP contribution is 2.37. The molecule has 7 nitrogen and oxygen atoms in total. The van der Waals surface area contributed by atoms with Crippen LogP contribution in [0.4, 0.5) is 0 Å². The van der Waals surface area contributed by atoms with E-state index in [9.17, 15) is 9.59 Å². The third kappa shape index (κ3) is 2.79. The smallest absolute Gasteiger partial charge is 0.289 e. The van der Waals surface area contributed by atoms with Gasteiger partial charge in [0.2, 0.25) is 11.7 Å². The van der Waals surface area contributed by atoms with Gasteiger partial charge < -0.3 is 14.8 Å². The Morgan fingerprint density at radius 3 is 2.60 bits per heavy atom. The van der Waals surface area contributed by atoms with Gasteiger partial charge in [0.25, 0.3) is 5.91 Å². The van der Waals surface area contributed by atoms with Gasteiger partial charge in [0, 0.05) is 25.6 Å². The summed E-state index contributed by atoms with van der Waals surface area (Å²) in [7, 11) is 0. The molecule has 1 aliphatic heterocycles. The van der Waals surface area contributed by atoms with E-state index in [4.69, 9.17) is 0 Å². The summed E-state index contributed by atoms with van der Waals surface area (Å²) in [6, 6.07) is 9.55. The predicted molar refractivity (Wildman–Crippen MR) is 90.8 cm³/mol. The molecular weight excluding hydrogens is 318 g/mol. The van der Waals surface area contributed by atoms with Crippen LogP contribution in [0.25, 0.3) is 0 Å². The number of nitrogens with one attached hydrogen (secondary N) is 1. The molecular formula is C18H21N5O2. The van der Waals surface area contributed by atoms with E-state index >= 15 is 0 Å². The van der Waals surface area contributed by atoms with E-state index in [1.54, 1.807) is 0 Å². The first-order valence-electron chi connectivity index (χ1n) is 8.77. The second-order valence-corrected chi connectivity index (χ2v) is 6.51. The molecule has 2 amide bonds. The molecule has 0 bridgehead atoms. The number of hydrogen-bond donors (Lipinski definition) is 1. The van der Waals surface area contributed by atoms with Crippen LogP contribution in [0.15, 0.2) is 30.3 Å². The minimum Gasteiger partial charge on any atom is -0.350 e. The molecule has 0 saturated heterocycles. The first kappa shape index (κ1) is 15.8. The number of carbonyl (C=O) groups is 2. The zero-order valence-electron chi connectivity index (χ0n) is 14.2. The van der Waals surface area contributed by atoms with Gasteiger partial charge in [-0.05, 0) is 25.3 Å². The molecule has 0 spiro atoms. The summed E-state index contributed by atoms with van der Waals surface area (Å²) < 4.78 is 1.85. The van der Waals surface area contributed by atoms with Gasteiger partial charge in [-0.15, -0.1) is 10.2 Å². The van der Waals surface area contributed by atoms with Crippen LogP contribution in [0.3, 0.4) is 0 Å². The number of fused-ring (bicyclic) bond motifs is 1. The highest BCUT2D eigenvalue weighted by molar-refractivity contribution is 5.90. The highest BCUT2D eigenvalue weighted by atomic mass is 16.2. The molecule has 1 fully saturated rings. The normalized spacial score (nSPS) is 19.4. The molecule has 130 valence electrons. The molecule has 0 radical (unpaired) electrons. The molecule has 7 heteroatoms. The molecule has 2 aliphatic rings. The van der Waals surface area contributed by atoms with E-state index in [1.807, 2.05) is 46.7 Å². The fourth-order valence-electron chi connectivity index (χ4n) is 3.39. The SMILES string of the molecule is CCNC(=O)c1nnc2n1CCN(C(=O)C1CC1)C2c1ccccc1. The van der Waals surface area contributed by atoms with Crippen molar-refractivity contribution in [3.05, 3.63) is 47.5 Å². The largest absolute Gasteiger partial charge is 0.350 e. The van der Waals surface area contributed by atoms with Crippen LogP contribution < -0.4 is 5.32 Å². The lowest BCUT2D eigenvalue weighted by Gasteiger charge is -2.36. The maximum atomic E-state index is 12.8. The second-order valence-electron chi connectivity index (χ2n) is 6.51. The highest BCUT2D eigenvalue weighted by Gasteiger charge is 2.41. The van der Waals surface area contributed by atoms with E-state index in [0.29, 0.717) is 31.3 Å². The lowest BCUT2D eigenvalue weighted by atomic mass is 10.0. The molecule has 2 aromatic rings. The van der Waals surface area contributed by atoms with Gasteiger partial charge in [-0.25, -0.2) is 0 Å². The summed E-state index contributed by atoms with van der Waals surface area (Å²) in [6.45, 7) is 3.51. The zero-order valence-corrected chi connectivity index (χ0v) is 14.2. The van der Waals surface area contributed by atoms with E-state index < -0.39 is 0 Å². The van der Waals surface area contributed by atoms with Crippen molar-refractivity contribution in [1.82, 2.24) is 25.0 Å². The Hall–Kier alpha value is -2.70. The number of aromatic nitrogens is 3. The summed E-state index contributed by atoms with van der Waals surface area (Å²) in [4.78, 5) is 26.9. The number of carbonyl (C=O) groups excluding carboxylic acids is 2. The van der Waals surface area contributed by atoms with E-state index in [0.717, 1.165) is 18.4 Å². The number of benzene rings is 1. The number of amides is 2. The Morgan fingerprint density at radius 1 is 1.16 bits per heavy atom. The lowest BCUT2D eigenvalue weighted by molar-refractivity contribution is -0.135. The van der Waals surface area contributed by atoms with Crippen molar-refractivity contribution in [2.24, 2.45) is 5.92 Å². The summed E-state index contributed by atoms with van der Waals surface area (Å²) in [6.07, 6.45) is 1.93. The molecule has 4 rings (SSSR count). The molecule has 1 aliphatic carbocycles. The maximum Gasteiger partial charge on any atom is 0.289 e. The van der Waals surface area contributed by atoms with E-state index in [1.165, 1.54) is 0 Å². The maximum absolute atomic E-state index is 12.8. The van der Waals surface area contributed by atoms with Crippen LogP contribution in [0.2, 0.25) is 0 Å². The van der Waals surface area contributed by atoms with Crippen LogP contribution in [-0.4, -0.2) is 44.6 Å². The van der Waals surface area contributed by atoms with Crippen molar-refractivity contribution in [1.29, 1.82) is 0 Å². The first-order chi connectivity index (χ1) is 12.2. The Bertz CT molecular complexity index is 797. The Kier molecular flexibility index (Phi) is 3.99. The van der Waals surface area contributed by atoms with Crippen LogP contribution in [0.5, 0.6) is 0 Å². The molecule has 1 aromatic carbocycles. The van der Waals surface area contributed by atoms with Crippen LogP contribution in [0.1, 0.15) is 47.8 Å². The van der Waals surface area contributed by atoms with Crippen LogP contribution in [0, 0.1) is 5.92 Å². The molecule has 1 N–H and O–H groups in total. The Balaban J connectivity index is 1.76. The fraction of sp³-hybridized carbons (Fsp3) is 0.444. The summed E-state index contributed by atoms with van der Waals surface area (Å²) in [5.41, 5.74) is 0.993. The third-order valence-electron chi connectivity index (χ3n) is 4.77. The van der Waals surface area contributed by atoms with Crippen molar-refractivity contribution in [2.75, 3.05) is 13.1 Å². The topological polar surface area (TPSA) is 80.1 Å². The minimum absolute atomic E-state index is 0.142. The van der Waals surface area contributed by atoms with Crippen molar-refractivity contribution in [3.63, 3.8) is 0 Å². The van der Waals surface area contributed by atoms with E-state index in [2.05, 4.69) is 15.5 Å². The number of rotatable bonds is 4. The second kappa shape index (κ2) is 6.31. The van der Waals surface area contributed by atoms with Crippen molar-refractivity contribution < 1.29 is 9.59 Å². The Morgan fingerprint density at radius 2 is 1.92 bits per heavy atom. The quantitative estimate of drug-likeness (QED) is 0.912. The van der Waals surface area contributed by atoms with Gasteiger partial charge in [0.15, 0.2) is 5.82 Å². The zero-order chi connectivity index (χ0) is 17.4. The first-order valence-corrected chi connectivity index (χ1v) is 8.77. The monoisotopic (exact) mass is 339 g/mol. The van der Waals surface area contributed by atoms with Crippen molar-refractivity contribution >= 4 is 11.8 Å². The summed E-state index contributed by atoms with van der Waals surface area (Å²) in [5.74, 6) is 1.07. The average Bonchev–Trinajstić information content (AvgIpc) is 3.40. The Labute approximate surface area is 146 Å². The molecule has 1 aromatic heterocycles. The van der Waals surface area contributed by atoms with Crippen LogP contribution in [-0.2, 0) is 11.3 Å².